The predicted octanol–water partition coefficient (Wildman–Crippen LogP) is 2.66. The maximum atomic E-state index is 12.0. The summed E-state index contributed by atoms with van der Waals surface area (Å²) in [7, 11) is 0. The van der Waals surface area contributed by atoms with Crippen LogP contribution >= 0.6 is 0 Å². The second kappa shape index (κ2) is 4.40. The van der Waals surface area contributed by atoms with Crippen molar-refractivity contribution in [3.63, 3.8) is 0 Å². The van der Waals surface area contributed by atoms with Crippen LogP contribution in [0.5, 0.6) is 5.75 Å². The Morgan fingerprint density at radius 1 is 1.39 bits per heavy atom. The van der Waals surface area contributed by atoms with Crippen LogP contribution < -0.4 is 4.74 Å². The van der Waals surface area contributed by atoms with Crippen LogP contribution in [0.4, 0.5) is 18.0 Å². The van der Waals surface area contributed by atoms with Crippen molar-refractivity contribution in [3.8, 4) is 5.75 Å². The fourth-order valence-electron chi connectivity index (χ4n) is 1.81. The highest BCUT2D eigenvalue weighted by atomic mass is 19.4. The van der Waals surface area contributed by atoms with Crippen LogP contribution in [0.3, 0.4) is 0 Å². The van der Waals surface area contributed by atoms with E-state index in [0.717, 1.165) is 0 Å². The van der Waals surface area contributed by atoms with Crippen molar-refractivity contribution >= 4 is 6.09 Å². The van der Waals surface area contributed by atoms with Gasteiger partial charge in [0.1, 0.15) is 5.75 Å². The van der Waals surface area contributed by atoms with E-state index in [0.29, 0.717) is 18.7 Å². The minimum atomic E-state index is -4.72. The lowest BCUT2D eigenvalue weighted by Gasteiger charge is -2.37. The van der Waals surface area contributed by atoms with Gasteiger partial charge >= 0.3 is 12.5 Å². The van der Waals surface area contributed by atoms with E-state index in [1.165, 1.54) is 23.1 Å². The maximum Gasteiger partial charge on any atom is 0.573 e. The molecule has 1 saturated heterocycles. The molecule has 1 fully saturated rings. The summed E-state index contributed by atoms with van der Waals surface area (Å²) >= 11 is 0. The Morgan fingerprint density at radius 3 is 2.61 bits per heavy atom. The lowest BCUT2D eigenvalue weighted by atomic mass is 9.92. The summed E-state index contributed by atoms with van der Waals surface area (Å²) in [6.45, 7) is 0.593. The molecule has 1 aliphatic rings. The van der Waals surface area contributed by atoms with E-state index in [2.05, 4.69) is 4.74 Å². The summed E-state index contributed by atoms with van der Waals surface area (Å²) in [6, 6.07) is 5.62. The highest BCUT2D eigenvalue weighted by Gasteiger charge is 2.33. The minimum Gasteiger partial charge on any atom is -0.465 e. The highest BCUT2D eigenvalue weighted by Crippen LogP contribution is 2.30. The summed E-state index contributed by atoms with van der Waals surface area (Å²) < 4.78 is 39.9. The molecule has 18 heavy (non-hydrogen) atoms. The van der Waals surface area contributed by atoms with Crippen molar-refractivity contribution in [1.82, 2.24) is 4.90 Å². The van der Waals surface area contributed by atoms with Crippen LogP contribution in [0.25, 0.3) is 0 Å². The van der Waals surface area contributed by atoms with Gasteiger partial charge in [0.25, 0.3) is 0 Å². The Kier molecular flexibility index (Phi) is 3.06. The summed E-state index contributed by atoms with van der Waals surface area (Å²) in [4.78, 5) is 11.8. The normalized spacial score (nSPS) is 16.3. The number of carbonyl (C=O) groups is 1. The average molecular weight is 261 g/mol. The lowest BCUT2D eigenvalue weighted by molar-refractivity contribution is -0.274. The fraction of sp³-hybridized carbons (Fsp3) is 0.364. The third kappa shape index (κ3) is 2.85. The molecule has 4 nitrogen and oxygen atoms in total. The van der Waals surface area contributed by atoms with Crippen molar-refractivity contribution in [1.29, 1.82) is 0 Å². The van der Waals surface area contributed by atoms with Crippen molar-refractivity contribution in [2.24, 2.45) is 0 Å². The number of amides is 1. The molecule has 0 bridgehead atoms. The van der Waals surface area contributed by atoms with Crippen LogP contribution in [0, 0.1) is 0 Å². The molecular formula is C11H10F3NO3. The van der Waals surface area contributed by atoms with Gasteiger partial charge in [-0.1, -0.05) is 12.1 Å². The third-order valence-electron chi connectivity index (χ3n) is 2.72. The number of likely N-dealkylation sites (tertiary alicyclic amines) is 1. The Labute approximate surface area is 101 Å². The monoisotopic (exact) mass is 261 g/mol. The first kappa shape index (κ1) is 12.5. The standard InChI is InChI=1S/C11H10F3NO3/c12-11(13,14)18-9-3-1-2-7(4-9)8-5-15(6-8)10(16)17/h1-4,8H,5-6H2,(H,16,17). The van der Waals surface area contributed by atoms with Crippen molar-refractivity contribution in [2.75, 3.05) is 13.1 Å². The van der Waals surface area contributed by atoms with Crippen molar-refractivity contribution in [2.45, 2.75) is 12.3 Å². The van der Waals surface area contributed by atoms with Crippen LogP contribution in [0.15, 0.2) is 24.3 Å². The smallest absolute Gasteiger partial charge is 0.465 e. The van der Waals surface area contributed by atoms with E-state index < -0.39 is 12.5 Å². The van der Waals surface area contributed by atoms with E-state index in [1.807, 2.05) is 0 Å². The molecule has 1 aliphatic heterocycles. The van der Waals surface area contributed by atoms with Gasteiger partial charge in [-0.2, -0.15) is 0 Å². The van der Waals surface area contributed by atoms with E-state index in [1.54, 1.807) is 6.07 Å². The van der Waals surface area contributed by atoms with Crippen LogP contribution in [-0.2, 0) is 0 Å². The Bertz CT molecular complexity index is 455. The number of rotatable bonds is 2. The average Bonchev–Trinajstić information content (AvgIpc) is 2.11. The summed E-state index contributed by atoms with van der Waals surface area (Å²) in [5.41, 5.74) is 0.647. The summed E-state index contributed by atoms with van der Waals surface area (Å²) in [6.07, 6.45) is -5.74. The Hall–Kier alpha value is -1.92. The van der Waals surface area contributed by atoms with Gasteiger partial charge in [-0.25, -0.2) is 4.79 Å². The maximum absolute atomic E-state index is 12.0. The van der Waals surface area contributed by atoms with E-state index in [-0.39, 0.29) is 11.7 Å². The molecule has 1 aromatic rings. The van der Waals surface area contributed by atoms with E-state index in [9.17, 15) is 18.0 Å². The molecule has 1 heterocycles. The SMILES string of the molecule is O=C(O)N1CC(c2cccc(OC(F)(F)F)c2)C1. The number of halogens is 3. The first-order valence-corrected chi connectivity index (χ1v) is 5.19. The molecule has 0 saturated carbocycles. The predicted molar refractivity (Wildman–Crippen MR) is 55.5 cm³/mol. The quantitative estimate of drug-likeness (QED) is 0.890. The molecule has 0 atom stereocenters. The number of nitrogens with zero attached hydrogens (tertiary/aromatic N) is 1. The molecule has 1 N–H and O–H groups in total. The van der Waals surface area contributed by atoms with Gasteiger partial charge in [-0.05, 0) is 17.7 Å². The zero-order valence-electron chi connectivity index (χ0n) is 9.15. The van der Waals surface area contributed by atoms with Gasteiger partial charge in [0.05, 0.1) is 0 Å². The first-order valence-electron chi connectivity index (χ1n) is 5.19. The fourth-order valence-corrected chi connectivity index (χ4v) is 1.81. The summed E-state index contributed by atoms with van der Waals surface area (Å²) in [5.74, 6) is -0.355. The van der Waals surface area contributed by atoms with Crippen molar-refractivity contribution < 1.29 is 27.8 Å². The number of hydrogen-bond donors (Lipinski definition) is 1. The topological polar surface area (TPSA) is 49.8 Å². The molecule has 0 aromatic heterocycles. The molecule has 7 heteroatoms. The number of hydrogen-bond acceptors (Lipinski definition) is 2. The molecular weight excluding hydrogens is 251 g/mol. The molecule has 0 aliphatic carbocycles. The van der Waals surface area contributed by atoms with Gasteiger partial charge in [0, 0.05) is 19.0 Å². The van der Waals surface area contributed by atoms with E-state index in [4.69, 9.17) is 5.11 Å². The van der Waals surface area contributed by atoms with Crippen LogP contribution in [0.2, 0.25) is 0 Å². The second-order valence-corrected chi connectivity index (χ2v) is 4.00. The number of ether oxygens (including phenoxy) is 1. The summed E-state index contributed by atoms with van der Waals surface area (Å²) in [5, 5.41) is 8.66. The van der Waals surface area contributed by atoms with Gasteiger partial charge in [-0.15, -0.1) is 13.2 Å². The third-order valence-corrected chi connectivity index (χ3v) is 2.72. The number of alkyl halides is 3. The highest BCUT2D eigenvalue weighted by molar-refractivity contribution is 5.66. The molecule has 1 amide bonds. The Balaban J connectivity index is 2.03. The molecule has 98 valence electrons. The number of benzene rings is 1. The van der Waals surface area contributed by atoms with Gasteiger partial charge < -0.3 is 14.7 Å². The van der Waals surface area contributed by atoms with Crippen LogP contribution in [-0.4, -0.2) is 35.6 Å². The molecule has 0 radical (unpaired) electrons. The molecule has 0 spiro atoms. The zero-order chi connectivity index (χ0) is 13.3. The van der Waals surface area contributed by atoms with E-state index >= 15 is 0 Å². The molecule has 2 rings (SSSR count). The number of carboxylic acid groups (broad SMARTS) is 1. The molecule has 1 aromatic carbocycles. The van der Waals surface area contributed by atoms with Crippen LogP contribution in [0.1, 0.15) is 11.5 Å². The van der Waals surface area contributed by atoms with Gasteiger partial charge in [0.2, 0.25) is 0 Å². The first-order chi connectivity index (χ1) is 8.35. The largest absolute Gasteiger partial charge is 0.573 e. The zero-order valence-corrected chi connectivity index (χ0v) is 9.15. The lowest BCUT2D eigenvalue weighted by Crippen LogP contribution is -2.47. The van der Waals surface area contributed by atoms with Gasteiger partial charge in [0.15, 0.2) is 0 Å². The van der Waals surface area contributed by atoms with Gasteiger partial charge in [-0.3, -0.25) is 0 Å². The minimum absolute atomic E-state index is 0.0714. The Morgan fingerprint density at radius 2 is 2.06 bits per heavy atom. The van der Waals surface area contributed by atoms with Crippen molar-refractivity contribution in [3.05, 3.63) is 29.8 Å². The molecule has 0 unspecified atom stereocenters. The second-order valence-electron chi connectivity index (χ2n) is 4.00.